The van der Waals surface area contributed by atoms with Crippen LogP contribution in [0.3, 0.4) is 0 Å². The smallest absolute Gasteiger partial charge is 0.231 e. The molecule has 0 atom stereocenters. The number of nitriles is 1. The monoisotopic (exact) mass is 382 g/mol. The Kier molecular flexibility index (Phi) is 4.44. The summed E-state index contributed by atoms with van der Waals surface area (Å²) in [5, 5.41) is 16.6. The third kappa shape index (κ3) is 3.33. The maximum absolute atomic E-state index is 9.40. The molecule has 0 spiro atoms. The van der Waals surface area contributed by atoms with E-state index in [0.29, 0.717) is 15.8 Å². The molecule has 0 radical (unpaired) electrons. The van der Waals surface area contributed by atoms with Gasteiger partial charge in [0.1, 0.15) is 6.07 Å². The van der Waals surface area contributed by atoms with Gasteiger partial charge in [0.2, 0.25) is 6.79 Å². The fourth-order valence-corrected chi connectivity index (χ4v) is 3.23. The molecule has 8 heteroatoms. The second-order valence-electron chi connectivity index (χ2n) is 5.30. The molecule has 1 aliphatic heterocycles. The fourth-order valence-electron chi connectivity index (χ4n) is 2.34. The number of anilines is 1. The highest BCUT2D eigenvalue weighted by Crippen LogP contribution is 2.36. The first kappa shape index (κ1) is 16.4. The number of nitrogens with one attached hydrogen (secondary N) is 1. The maximum atomic E-state index is 9.40. The van der Waals surface area contributed by atoms with Crippen molar-refractivity contribution in [2.75, 3.05) is 12.2 Å². The first-order chi connectivity index (χ1) is 12.7. The predicted octanol–water partition coefficient (Wildman–Crippen LogP) is 4.53. The van der Waals surface area contributed by atoms with Gasteiger partial charge < -0.3 is 9.47 Å². The molecule has 0 amide bonds. The van der Waals surface area contributed by atoms with E-state index in [0.717, 1.165) is 22.7 Å². The molecule has 0 bridgehead atoms. The average Bonchev–Trinajstić information content (AvgIpc) is 3.32. The van der Waals surface area contributed by atoms with Crippen LogP contribution in [0.15, 0.2) is 52.9 Å². The van der Waals surface area contributed by atoms with E-state index < -0.39 is 0 Å². The van der Waals surface area contributed by atoms with E-state index in [4.69, 9.17) is 21.1 Å². The van der Waals surface area contributed by atoms with Crippen LogP contribution in [0, 0.1) is 11.3 Å². The third-order valence-corrected chi connectivity index (χ3v) is 4.72. The Morgan fingerprint density at radius 1 is 1.19 bits per heavy atom. The van der Waals surface area contributed by atoms with E-state index in [1.165, 1.54) is 11.3 Å². The number of rotatable bonds is 4. The van der Waals surface area contributed by atoms with Gasteiger partial charge in [-0.3, -0.25) is 5.43 Å². The fraction of sp³-hybridized carbons (Fsp3) is 0.0556. The minimum Gasteiger partial charge on any atom is -0.454 e. The molecule has 128 valence electrons. The van der Waals surface area contributed by atoms with Crippen LogP contribution in [-0.4, -0.2) is 17.5 Å². The van der Waals surface area contributed by atoms with E-state index in [9.17, 15) is 5.26 Å². The Morgan fingerprint density at radius 2 is 2.00 bits per heavy atom. The van der Waals surface area contributed by atoms with Gasteiger partial charge in [-0.25, -0.2) is 4.98 Å². The third-order valence-electron chi connectivity index (χ3n) is 3.62. The van der Waals surface area contributed by atoms with Crippen molar-refractivity contribution in [2.45, 2.75) is 0 Å². The van der Waals surface area contributed by atoms with Crippen LogP contribution in [0.4, 0.5) is 5.69 Å². The quantitative estimate of drug-likeness (QED) is 0.529. The Balaban J connectivity index is 1.56. The van der Waals surface area contributed by atoms with E-state index in [1.807, 2.05) is 23.6 Å². The molecule has 4 rings (SSSR count). The van der Waals surface area contributed by atoms with Crippen LogP contribution in [-0.2, 0) is 0 Å². The van der Waals surface area contributed by atoms with Crippen molar-refractivity contribution in [1.29, 1.82) is 5.26 Å². The number of hydrazone groups is 1. The van der Waals surface area contributed by atoms with E-state index in [2.05, 4.69) is 21.6 Å². The molecular weight excluding hydrogens is 372 g/mol. The highest BCUT2D eigenvalue weighted by atomic mass is 35.5. The number of thiazole rings is 1. The van der Waals surface area contributed by atoms with Gasteiger partial charge in [-0.05, 0) is 42.5 Å². The molecule has 1 N–H and O–H groups in total. The van der Waals surface area contributed by atoms with Gasteiger partial charge in [0.25, 0.3) is 0 Å². The lowest BCUT2D eigenvalue weighted by Gasteiger charge is -2.01. The lowest BCUT2D eigenvalue weighted by molar-refractivity contribution is 0.174. The van der Waals surface area contributed by atoms with Gasteiger partial charge in [0, 0.05) is 16.0 Å². The number of hydrogen-bond donors (Lipinski definition) is 1. The largest absolute Gasteiger partial charge is 0.454 e. The summed E-state index contributed by atoms with van der Waals surface area (Å²) in [6.45, 7) is 0.225. The minimum absolute atomic E-state index is 0.206. The molecule has 1 aromatic heterocycles. The van der Waals surface area contributed by atoms with Gasteiger partial charge in [-0.15, -0.1) is 11.3 Å². The van der Waals surface area contributed by atoms with Crippen molar-refractivity contribution >= 4 is 34.3 Å². The Bertz CT molecular complexity index is 1020. The number of nitrogens with zero attached hydrogens (tertiary/aromatic N) is 3. The highest BCUT2D eigenvalue weighted by Gasteiger charge is 2.16. The van der Waals surface area contributed by atoms with Crippen molar-refractivity contribution < 1.29 is 9.47 Å². The van der Waals surface area contributed by atoms with Crippen molar-refractivity contribution in [1.82, 2.24) is 4.98 Å². The normalized spacial score (nSPS) is 12.7. The molecular formula is C18H11ClN4O2S. The number of fused-ring (bicyclic) bond motifs is 1. The molecule has 0 unspecified atom stereocenters. The van der Waals surface area contributed by atoms with Crippen LogP contribution in [0.1, 0.15) is 5.01 Å². The molecule has 2 aromatic carbocycles. The molecule has 0 fully saturated rings. The Labute approximate surface area is 158 Å². The first-order valence-corrected chi connectivity index (χ1v) is 8.84. The summed E-state index contributed by atoms with van der Waals surface area (Å²) in [6, 6.07) is 14.7. The lowest BCUT2D eigenvalue weighted by atomic mass is 10.1. The van der Waals surface area contributed by atoms with Crippen molar-refractivity contribution in [3.63, 3.8) is 0 Å². The molecule has 1 aliphatic rings. The second-order valence-corrected chi connectivity index (χ2v) is 6.59. The summed E-state index contributed by atoms with van der Waals surface area (Å²) >= 11 is 7.20. The van der Waals surface area contributed by atoms with Crippen LogP contribution in [0.5, 0.6) is 11.5 Å². The molecule has 0 saturated carbocycles. The number of hydrogen-bond acceptors (Lipinski definition) is 7. The highest BCUT2D eigenvalue weighted by molar-refractivity contribution is 7.12. The zero-order valence-electron chi connectivity index (χ0n) is 13.3. The van der Waals surface area contributed by atoms with Crippen LogP contribution >= 0.6 is 22.9 Å². The summed E-state index contributed by atoms with van der Waals surface area (Å²) in [7, 11) is 0. The lowest BCUT2D eigenvalue weighted by Crippen LogP contribution is -2.01. The number of halogens is 1. The zero-order valence-corrected chi connectivity index (χ0v) is 14.8. The van der Waals surface area contributed by atoms with E-state index >= 15 is 0 Å². The van der Waals surface area contributed by atoms with Crippen molar-refractivity contribution in [2.24, 2.45) is 5.10 Å². The molecule has 26 heavy (non-hydrogen) atoms. The van der Waals surface area contributed by atoms with Crippen LogP contribution in [0.25, 0.3) is 11.3 Å². The zero-order chi connectivity index (χ0) is 17.9. The Hall–Kier alpha value is -3.08. The van der Waals surface area contributed by atoms with Gasteiger partial charge in [0.15, 0.2) is 22.2 Å². The molecule has 2 heterocycles. The SMILES string of the molecule is N#C/C(=N\Nc1ccc(Cl)cc1)c1nc(-c2ccc3c(c2)OCO3)cs1. The molecule has 0 aliphatic carbocycles. The maximum Gasteiger partial charge on any atom is 0.231 e. The number of ether oxygens (including phenoxy) is 2. The van der Waals surface area contributed by atoms with Gasteiger partial charge in [0.05, 0.1) is 11.4 Å². The van der Waals surface area contributed by atoms with Crippen LogP contribution < -0.4 is 14.9 Å². The summed E-state index contributed by atoms with van der Waals surface area (Å²) in [6.07, 6.45) is 0. The summed E-state index contributed by atoms with van der Waals surface area (Å²) < 4.78 is 10.7. The second kappa shape index (κ2) is 7.04. The van der Waals surface area contributed by atoms with Crippen molar-refractivity contribution in [3.05, 3.63) is 57.9 Å². The Morgan fingerprint density at radius 3 is 2.81 bits per heavy atom. The van der Waals surface area contributed by atoms with E-state index in [1.54, 1.807) is 24.3 Å². The topological polar surface area (TPSA) is 79.5 Å². The summed E-state index contributed by atoms with van der Waals surface area (Å²) in [5.74, 6) is 1.41. The minimum atomic E-state index is 0.206. The number of aromatic nitrogens is 1. The first-order valence-electron chi connectivity index (χ1n) is 7.58. The summed E-state index contributed by atoms with van der Waals surface area (Å²) in [4.78, 5) is 4.51. The van der Waals surface area contributed by atoms with Crippen molar-refractivity contribution in [3.8, 4) is 28.8 Å². The standard InChI is InChI=1S/C18H11ClN4O2S/c19-12-2-4-13(5-3-12)22-23-14(8-20)18-21-15(9-26-18)11-1-6-16-17(7-11)25-10-24-16/h1-7,9,22H,10H2/b23-14+. The van der Waals surface area contributed by atoms with Gasteiger partial charge in [-0.1, -0.05) is 11.6 Å². The van der Waals surface area contributed by atoms with Crippen LogP contribution in [0.2, 0.25) is 5.02 Å². The molecule has 6 nitrogen and oxygen atoms in total. The molecule has 0 saturated heterocycles. The van der Waals surface area contributed by atoms with E-state index in [-0.39, 0.29) is 12.5 Å². The predicted molar refractivity (Wildman–Crippen MR) is 101 cm³/mol. The van der Waals surface area contributed by atoms with Gasteiger partial charge >= 0.3 is 0 Å². The summed E-state index contributed by atoms with van der Waals surface area (Å²) in [5.41, 5.74) is 5.41. The average molecular weight is 383 g/mol. The number of benzene rings is 2. The van der Waals surface area contributed by atoms with Gasteiger partial charge in [-0.2, -0.15) is 10.4 Å². The molecule has 3 aromatic rings.